The summed E-state index contributed by atoms with van der Waals surface area (Å²) in [5, 5.41) is 10.5. The highest BCUT2D eigenvalue weighted by atomic mass is 32.1. The molecule has 3 rings (SSSR count). The average Bonchev–Trinajstić information content (AvgIpc) is 3.19. The Bertz CT molecular complexity index is 771. The van der Waals surface area contributed by atoms with Crippen LogP contribution in [0.2, 0.25) is 0 Å². The van der Waals surface area contributed by atoms with Crippen molar-refractivity contribution in [1.29, 1.82) is 0 Å². The van der Waals surface area contributed by atoms with Gasteiger partial charge in [0.2, 0.25) is 0 Å². The lowest BCUT2D eigenvalue weighted by Crippen LogP contribution is -2.52. The van der Waals surface area contributed by atoms with Gasteiger partial charge in [-0.2, -0.15) is 0 Å². The van der Waals surface area contributed by atoms with Gasteiger partial charge in [-0.15, -0.1) is 11.3 Å². The number of likely N-dealkylation sites (N-methyl/N-ethyl adjacent to an activating group) is 1. The molecule has 140 valence electrons. The van der Waals surface area contributed by atoms with Crippen LogP contribution in [-0.4, -0.2) is 57.6 Å². The maximum Gasteiger partial charge on any atom is 0.326 e. The minimum atomic E-state index is -0.960. The summed E-state index contributed by atoms with van der Waals surface area (Å²) in [5.74, 6) is -1.11. The van der Waals surface area contributed by atoms with Gasteiger partial charge >= 0.3 is 12.0 Å². The number of para-hydroxylation sites is 1. The molecule has 0 radical (unpaired) electrons. The number of rotatable bonds is 5. The fraction of sp³-hybridized carbons (Fsp3) is 0.526. The number of nitrogens with zero attached hydrogens (tertiary/aromatic N) is 3. The molecule has 2 aromatic rings. The first-order valence-corrected chi connectivity index (χ1v) is 9.80. The average molecular weight is 375 g/mol. The molecule has 1 aliphatic rings. The van der Waals surface area contributed by atoms with Crippen LogP contribution in [0.5, 0.6) is 0 Å². The van der Waals surface area contributed by atoms with E-state index in [1.807, 2.05) is 36.9 Å². The van der Waals surface area contributed by atoms with E-state index in [1.165, 1.54) is 4.90 Å². The molecule has 7 heteroatoms. The van der Waals surface area contributed by atoms with Gasteiger partial charge in [0.05, 0.1) is 15.2 Å². The van der Waals surface area contributed by atoms with E-state index >= 15 is 0 Å². The molecular weight excluding hydrogens is 350 g/mol. The van der Waals surface area contributed by atoms with Crippen molar-refractivity contribution in [3.8, 4) is 0 Å². The Morgan fingerprint density at radius 3 is 2.77 bits per heavy atom. The van der Waals surface area contributed by atoms with Gasteiger partial charge in [-0.3, -0.25) is 0 Å². The second kappa shape index (κ2) is 7.61. The van der Waals surface area contributed by atoms with E-state index in [9.17, 15) is 14.7 Å². The van der Waals surface area contributed by atoms with Crippen molar-refractivity contribution < 1.29 is 14.7 Å². The number of likely N-dealkylation sites (tertiary alicyclic amines) is 1. The second-order valence-electron chi connectivity index (χ2n) is 7.19. The Morgan fingerprint density at radius 1 is 1.38 bits per heavy atom. The summed E-state index contributed by atoms with van der Waals surface area (Å²) >= 11 is 1.67. The number of fused-ring (bicyclic) bond motifs is 1. The number of carboxylic acids is 1. The highest BCUT2D eigenvalue weighted by molar-refractivity contribution is 7.18. The van der Waals surface area contributed by atoms with Crippen LogP contribution in [0.3, 0.4) is 0 Å². The number of benzene rings is 1. The molecule has 26 heavy (non-hydrogen) atoms. The zero-order chi connectivity index (χ0) is 18.8. The maximum atomic E-state index is 12.9. The molecule has 1 aliphatic heterocycles. The highest BCUT2D eigenvalue weighted by Gasteiger charge is 2.36. The van der Waals surface area contributed by atoms with Crippen molar-refractivity contribution in [3.05, 3.63) is 29.3 Å². The second-order valence-corrected chi connectivity index (χ2v) is 8.30. The summed E-state index contributed by atoms with van der Waals surface area (Å²) in [6.45, 7) is 4.32. The van der Waals surface area contributed by atoms with E-state index in [2.05, 4.69) is 11.1 Å². The Labute approximate surface area is 157 Å². The van der Waals surface area contributed by atoms with E-state index in [0.29, 0.717) is 6.54 Å². The molecule has 1 saturated heterocycles. The lowest BCUT2D eigenvalue weighted by atomic mass is 10.0. The highest BCUT2D eigenvalue weighted by Crippen LogP contribution is 2.28. The van der Waals surface area contributed by atoms with Gasteiger partial charge < -0.3 is 14.9 Å². The van der Waals surface area contributed by atoms with Crippen molar-refractivity contribution in [3.63, 3.8) is 0 Å². The predicted octanol–water partition coefficient (Wildman–Crippen LogP) is 3.46. The fourth-order valence-corrected chi connectivity index (χ4v) is 4.77. The van der Waals surface area contributed by atoms with Gasteiger partial charge in [-0.05, 0) is 30.9 Å². The quantitative estimate of drug-likeness (QED) is 0.868. The molecular formula is C19H25N3O3S. The number of hydrogen-bond acceptors (Lipinski definition) is 4. The van der Waals surface area contributed by atoms with Gasteiger partial charge in [0.25, 0.3) is 0 Å². The van der Waals surface area contributed by atoms with Gasteiger partial charge in [0, 0.05) is 26.1 Å². The van der Waals surface area contributed by atoms with Crippen LogP contribution in [0.4, 0.5) is 4.79 Å². The van der Waals surface area contributed by atoms with E-state index in [0.717, 1.165) is 34.5 Å². The molecule has 0 aliphatic carbocycles. The standard InChI is InChI=1S/C19H25N3O3S/c1-12(2)17(18(23)24)21(3)19(25)22-10-6-7-13(22)11-16-20-14-8-4-5-9-15(14)26-16/h4-5,8-9,12-13,17H,6-7,10-11H2,1-3H3,(H,23,24)/t13-,17+/m1/s1. The minimum Gasteiger partial charge on any atom is -0.480 e. The topological polar surface area (TPSA) is 73.7 Å². The lowest BCUT2D eigenvalue weighted by Gasteiger charge is -2.34. The van der Waals surface area contributed by atoms with Crippen LogP contribution < -0.4 is 0 Å². The molecule has 6 nitrogen and oxygen atoms in total. The van der Waals surface area contributed by atoms with Crippen LogP contribution >= 0.6 is 11.3 Å². The Hall–Kier alpha value is -2.15. The van der Waals surface area contributed by atoms with E-state index in [1.54, 1.807) is 18.4 Å². The molecule has 2 heterocycles. The summed E-state index contributed by atoms with van der Waals surface area (Å²) < 4.78 is 1.15. The van der Waals surface area contributed by atoms with Crippen molar-refractivity contribution in [2.24, 2.45) is 5.92 Å². The molecule has 0 spiro atoms. The minimum absolute atomic E-state index is 0.0760. The van der Waals surface area contributed by atoms with E-state index < -0.39 is 12.0 Å². The van der Waals surface area contributed by atoms with Crippen LogP contribution in [-0.2, 0) is 11.2 Å². The summed E-state index contributed by atoms with van der Waals surface area (Å²) in [6.07, 6.45) is 2.59. The summed E-state index contributed by atoms with van der Waals surface area (Å²) in [6, 6.07) is 7.10. The predicted molar refractivity (Wildman–Crippen MR) is 102 cm³/mol. The zero-order valence-corrected chi connectivity index (χ0v) is 16.2. The lowest BCUT2D eigenvalue weighted by molar-refractivity contribution is -0.143. The molecule has 0 unspecified atom stereocenters. The van der Waals surface area contributed by atoms with Crippen LogP contribution in [0.15, 0.2) is 24.3 Å². The molecule has 1 aromatic carbocycles. The molecule has 1 fully saturated rings. The molecule has 1 aromatic heterocycles. The van der Waals surface area contributed by atoms with E-state index in [-0.39, 0.29) is 18.0 Å². The van der Waals surface area contributed by atoms with Gasteiger partial charge in [-0.1, -0.05) is 26.0 Å². The third-order valence-electron chi connectivity index (χ3n) is 4.97. The SMILES string of the molecule is CC(C)[C@@H](C(=O)O)N(C)C(=O)N1CCC[C@@H]1Cc1nc2ccccc2s1. The van der Waals surface area contributed by atoms with Crippen LogP contribution in [0.25, 0.3) is 10.2 Å². The molecule has 2 amide bonds. The third kappa shape index (κ3) is 3.67. The number of amides is 2. The number of hydrogen-bond donors (Lipinski definition) is 1. The fourth-order valence-electron chi connectivity index (χ4n) is 3.73. The van der Waals surface area contributed by atoms with Crippen LogP contribution in [0, 0.1) is 5.92 Å². The summed E-state index contributed by atoms with van der Waals surface area (Å²) in [7, 11) is 1.59. The number of carbonyl (C=O) groups is 2. The molecule has 0 saturated carbocycles. The monoisotopic (exact) mass is 375 g/mol. The Balaban J connectivity index is 1.74. The number of carbonyl (C=O) groups excluding carboxylic acids is 1. The van der Waals surface area contributed by atoms with Gasteiger partial charge in [0.1, 0.15) is 6.04 Å². The van der Waals surface area contributed by atoms with Crippen molar-refractivity contribution in [2.45, 2.75) is 45.2 Å². The molecule has 0 bridgehead atoms. The first kappa shape index (κ1) is 18.6. The Morgan fingerprint density at radius 2 is 2.12 bits per heavy atom. The third-order valence-corrected chi connectivity index (χ3v) is 6.03. The number of urea groups is 1. The maximum absolute atomic E-state index is 12.9. The van der Waals surface area contributed by atoms with Crippen LogP contribution in [0.1, 0.15) is 31.7 Å². The Kier molecular flexibility index (Phi) is 5.46. The number of aromatic nitrogens is 1. The van der Waals surface area contributed by atoms with Crippen molar-refractivity contribution in [2.75, 3.05) is 13.6 Å². The van der Waals surface area contributed by atoms with Gasteiger partial charge in [-0.25, -0.2) is 14.6 Å². The zero-order valence-electron chi connectivity index (χ0n) is 15.4. The van der Waals surface area contributed by atoms with E-state index in [4.69, 9.17) is 0 Å². The summed E-state index contributed by atoms with van der Waals surface area (Å²) in [5.41, 5.74) is 0.992. The molecule has 2 atom stereocenters. The number of thiazole rings is 1. The summed E-state index contributed by atoms with van der Waals surface area (Å²) in [4.78, 5) is 32.4. The normalized spacial score (nSPS) is 18.5. The smallest absolute Gasteiger partial charge is 0.326 e. The number of carboxylic acid groups (broad SMARTS) is 1. The van der Waals surface area contributed by atoms with Crippen molar-refractivity contribution >= 4 is 33.6 Å². The first-order valence-electron chi connectivity index (χ1n) is 8.99. The van der Waals surface area contributed by atoms with Crippen molar-refractivity contribution in [1.82, 2.24) is 14.8 Å². The molecule has 1 N–H and O–H groups in total. The largest absolute Gasteiger partial charge is 0.480 e. The number of aliphatic carboxylic acids is 1. The van der Waals surface area contributed by atoms with Gasteiger partial charge in [0.15, 0.2) is 0 Å². The first-order chi connectivity index (χ1) is 12.4.